The fourth-order valence-electron chi connectivity index (χ4n) is 6.09. The van der Waals surface area contributed by atoms with Crippen molar-refractivity contribution in [2.24, 2.45) is 17.8 Å². The maximum absolute atomic E-state index is 15.2. The molecule has 2 unspecified atom stereocenters. The molecule has 6 rings (SSSR count). The van der Waals surface area contributed by atoms with Gasteiger partial charge in [-0.1, -0.05) is 29.8 Å². The highest BCUT2D eigenvalue weighted by Gasteiger charge is 2.46. The molecule has 2 aromatic heterocycles. The number of piperidine rings is 1. The number of aliphatic carboxylic acids is 1. The summed E-state index contributed by atoms with van der Waals surface area (Å²) in [7, 11) is 0. The molecule has 3 heterocycles. The van der Waals surface area contributed by atoms with Gasteiger partial charge in [-0.25, -0.2) is 18.7 Å². The highest BCUT2D eigenvalue weighted by atomic mass is 35.5. The molecular formula is C29H26ClF2N5O2. The largest absolute Gasteiger partial charge is 0.481 e. The van der Waals surface area contributed by atoms with Gasteiger partial charge in [0.1, 0.15) is 11.6 Å². The maximum Gasteiger partial charge on any atom is 0.307 e. The number of rotatable bonds is 6. The number of hydrogen-bond acceptors (Lipinski definition) is 6. The van der Waals surface area contributed by atoms with Gasteiger partial charge in [-0.15, -0.1) is 0 Å². The third-order valence-corrected chi connectivity index (χ3v) is 8.28. The lowest BCUT2D eigenvalue weighted by Crippen LogP contribution is -2.45. The summed E-state index contributed by atoms with van der Waals surface area (Å²) in [4.78, 5) is 27.0. The lowest BCUT2D eigenvalue weighted by molar-refractivity contribution is -0.144. The molecular weight excluding hydrogens is 524 g/mol. The Morgan fingerprint density at radius 1 is 1.05 bits per heavy atom. The second kappa shape index (κ2) is 10.0. The van der Waals surface area contributed by atoms with Gasteiger partial charge in [0.2, 0.25) is 5.95 Å². The van der Waals surface area contributed by atoms with Gasteiger partial charge in [0.15, 0.2) is 0 Å². The number of carboxylic acid groups (broad SMARTS) is 1. The second-order valence-corrected chi connectivity index (χ2v) is 10.8. The van der Waals surface area contributed by atoms with Crippen molar-refractivity contribution in [1.82, 2.24) is 15.0 Å². The summed E-state index contributed by atoms with van der Waals surface area (Å²) in [5, 5.41) is 13.8. The van der Waals surface area contributed by atoms with Gasteiger partial charge in [-0.05, 0) is 43.7 Å². The molecule has 2 N–H and O–H groups in total. The summed E-state index contributed by atoms with van der Waals surface area (Å²) in [6.07, 6.45) is 6.37. The van der Waals surface area contributed by atoms with Crippen molar-refractivity contribution < 1.29 is 18.7 Å². The molecule has 2 aliphatic rings. The Morgan fingerprint density at radius 2 is 1.74 bits per heavy atom. The standard InChI is InChI=1S/C29H26ClF2N5O2/c1-15(19-4-2-3-5-23(19)31)36-27-21-8-20(24(32)9-25(21)33-12-22(27)30)18-10-34-29(35-11-18)37-13-16-6-7-17(14-37)26(16)28(38)39/h2-5,8-12,15-17,26H,6-7,13-14H2,1H3,(H,33,36)(H,38,39)/t15?,16-,17+,26?. The van der Waals surface area contributed by atoms with Crippen LogP contribution in [0, 0.1) is 29.4 Å². The zero-order valence-electron chi connectivity index (χ0n) is 21.1. The van der Waals surface area contributed by atoms with E-state index < -0.39 is 17.8 Å². The van der Waals surface area contributed by atoms with Crippen LogP contribution in [0.15, 0.2) is 55.0 Å². The van der Waals surface area contributed by atoms with Crippen LogP contribution in [0.25, 0.3) is 22.0 Å². The van der Waals surface area contributed by atoms with Gasteiger partial charge >= 0.3 is 5.97 Å². The van der Waals surface area contributed by atoms with Gasteiger partial charge < -0.3 is 15.3 Å². The number of aromatic nitrogens is 3. The van der Waals surface area contributed by atoms with Crippen molar-refractivity contribution in [3.05, 3.63) is 77.2 Å². The van der Waals surface area contributed by atoms with Crippen LogP contribution < -0.4 is 10.2 Å². The molecule has 0 radical (unpaired) electrons. The summed E-state index contributed by atoms with van der Waals surface area (Å²) in [6, 6.07) is 9.06. The topological polar surface area (TPSA) is 91.2 Å². The molecule has 2 fully saturated rings. The van der Waals surface area contributed by atoms with E-state index in [1.165, 1.54) is 18.3 Å². The van der Waals surface area contributed by atoms with Crippen LogP contribution in [0.5, 0.6) is 0 Å². The summed E-state index contributed by atoms with van der Waals surface area (Å²) < 4.78 is 29.6. The van der Waals surface area contributed by atoms with E-state index in [0.717, 1.165) is 12.8 Å². The first-order valence-corrected chi connectivity index (χ1v) is 13.3. The predicted octanol–water partition coefficient (Wildman–Crippen LogP) is 6.34. The Kier molecular flexibility index (Phi) is 6.54. The third-order valence-electron chi connectivity index (χ3n) is 7.99. The molecule has 200 valence electrons. The Hall–Kier alpha value is -3.85. The highest BCUT2D eigenvalue weighted by molar-refractivity contribution is 6.34. The van der Waals surface area contributed by atoms with Crippen LogP contribution in [0.4, 0.5) is 20.4 Å². The second-order valence-electron chi connectivity index (χ2n) is 10.4. The van der Waals surface area contributed by atoms with E-state index in [2.05, 4.69) is 20.3 Å². The number of benzene rings is 2. The normalized spacial score (nSPS) is 21.2. The zero-order valence-corrected chi connectivity index (χ0v) is 21.9. The van der Waals surface area contributed by atoms with Crippen molar-refractivity contribution in [3.8, 4) is 11.1 Å². The Morgan fingerprint density at radius 3 is 2.41 bits per heavy atom. The molecule has 0 spiro atoms. The third kappa shape index (κ3) is 4.65. The van der Waals surface area contributed by atoms with Gasteiger partial charge in [0.05, 0.1) is 28.2 Å². The minimum Gasteiger partial charge on any atom is -0.481 e. The summed E-state index contributed by atoms with van der Waals surface area (Å²) in [5.41, 5.74) is 2.16. The SMILES string of the molecule is CC(Nc1c(Cl)cnc2cc(F)c(-c3cnc(N4C[C@H]5CC[C@@H](C4)C5C(=O)O)nc3)cc12)c1ccccc1F. The fourth-order valence-corrected chi connectivity index (χ4v) is 6.30. The van der Waals surface area contributed by atoms with Gasteiger partial charge in [0, 0.05) is 59.8 Å². The molecule has 2 aromatic carbocycles. The number of nitrogens with zero attached hydrogens (tertiary/aromatic N) is 4. The van der Waals surface area contributed by atoms with Crippen LogP contribution in [0.1, 0.15) is 31.4 Å². The predicted molar refractivity (Wildman–Crippen MR) is 146 cm³/mol. The molecule has 2 bridgehead atoms. The molecule has 1 aliphatic carbocycles. The summed E-state index contributed by atoms with van der Waals surface area (Å²) >= 11 is 6.50. The Bertz CT molecular complexity index is 1550. The fraction of sp³-hybridized carbons (Fsp3) is 0.310. The molecule has 1 saturated heterocycles. The van der Waals surface area contributed by atoms with Crippen LogP contribution in [-0.4, -0.2) is 39.1 Å². The molecule has 4 aromatic rings. The van der Waals surface area contributed by atoms with E-state index in [1.54, 1.807) is 36.7 Å². The average Bonchev–Trinajstić information content (AvgIpc) is 3.20. The van der Waals surface area contributed by atoms with Gasteiger partial charge in [-0.2, -0.15) is 0 Å². The van der Waals surface area contributed by atoms with E-state index in [-0.39, 0.29) is 29.1 Å². The molecule has 39 heavy (non-hydrogen) atoms. The van der Waals surface area contributed by atoms with Crippen LogP contribution in [0.2, 0.25) is 5.02 Å². The number of carbonyl (C=O) groups is 1. The minimum atomic E-state index is -0.725. The Balaban J connectivity index is 1.30. The van der Waals surface area contributed by atoms with Crippen molar-refractivity contribution >= 4 is 40.1 Å². The average molecular weight is 550 g/mol. The van der Waals surface area contributed by atoms with E-state index in [1.807, 2.05) is 11.8 Å². The number of pyridine rings is 1. The first kappa shape index (κ1) is 25.4. The zero-order chi connectivity index (χ0) is 27.3. The lowest BCUT2D eigenvalue weighted by atomic mass is 9.85. The minimum absolute atomic E-state index is 0.0809. The molecule has 4 atom stereocenters. The van der Waals surface area contributed by atoms with E-state index in [9.17, 15) is 14.3 Å². The van der Waals surface area contributed by atoms with Gasteiger partial charge in [-0.3, -0.25) is 9.78 Å². The first-order chi connectivity index (χ1) is 18.8. The maximum atomic E-state index is 15.2. The van der Waals surface area contributed by atoms with Crippen molar-refractivity contribution in [3.63, 3.8) is 0 Å². The van der Waals surface area contributed by atoms with Crippen molar-refractivity contribution in [2.75, 3.05) is 23.3 Å². The number of hydrogen-bond donors (Lipinski definition) is 2. The number of nitrogens with one attached hydrogen (secondary N) is 1. The number of carboxylic acids is 1. The van der Waals surface area contributed by atoms with Crippen molar-refractivity contribution in [1.29, 1.82) is 0 Å². The summed E-state index contributed by atoms with van der Waals surface area (Å²) in [6.45, 7) is 3.01. The summed E-state index contributed by atoms with van der Waals surface area (Å²) in [5.74, 6) is -1.19. The first-order valence-electron chi connectivity index (χ1n) is 12.9. The molecule has 7 nitrogen and oxygen atoms in total. The van der Waals surface area contributed by atoms with Crippen LogP contribution in [-0.2, 0) is 4.79 Å². The van der Waals surface area contributed by atoms with E-state index >= 15 is 4.39 Å². The molecule has 0 amide bonds. The van der Waals surface area contributed by atoms with E-state index in [0.29, 0.717) is 51.8 Å². The lowest BCUT2D eigenvalue weighted by Gasteiger charge is -2.35. The molecule has 1 aliphatic heterocycles. The number of fused-ring (bicyclic) bond motifs is 3. The van der Waals surface area contributed by atoms with Gasteiger partial charge in [0.25, 0.3) is 0 Å². The molecule has 1 saturated carbocycles. The number of halogens is 3. The van der Waals surface area contributed by atoms with Crippen LogP contribution in [0.3, 0.4) is 0 Å². The monoisotopic (exact) mass is 549 g/mol. The molecule has 10 heteroatoms. The highest BCUT2D eigenvalue weighted by Crippen LogP contribution is 2.43. The quantitative estimate of drug-likeness (QED) is 0.290. The van der Waals surface area contributed by atoms with Crippen molar-refractivity contribution in [2.45, 2.75) is 25.8 Å². The Labute approximate surface area is 228 Å². The number of anilines is 2. The smallest absolute Gasteiger partial charge is 0.307 e. The van der Waals surface area contributed by atoms with E-state index in [4.69, 9.17) is 11.6 Å². The van der Waals surface area contributed by atoms with Crippen LogP contribution >= 0.6 is 11.6 Å².